The Bertz CT molecular complexity index is 1690. The molecule has 3 aromatic carbocycles. The Balaban J connectivity index is 1.08. The largest absolute Gasteiger partial charge is 0.508 e. The second kappa shape index (κ2) is 13.5. The molecule has 0 saturated heterocycles. The Labute approximate surface area is 263 Å². The van der Waals surface area contributed by atoms with E-state index in [0.29, 0.717) is 75.1 Å². The number of ether oxygens (including phenoxy) is 5. The number of phenolic OH excluding ortho intramolecular Hbond substituents is 2. The molecule has 0 saturated carbocycles. The summed E-state index contributed by atoms with van der Waals surface area (Å²) in [6, 6.07) is 13.8. The molecule has 0 unspecified atom stereocenters. The van der Waals surface area contributed by atoms with E-state index >= 15 is 0 Å². The molecule has 14 heteroatoms. The van der Waals surface area contributed by atoms with Crippen LogP contribution >= 0.6 is 0 Å². The minimum atomic E-state index is -1.40. The zero-order valence-electron chi connectivity index (χ0n) is 24.8. The zero-order chi connectivity index (χ0) is 32.1. The third kappa shape index (κ3) is 6.23. The second-order valence-electron chi connectivity index (χ2n) is 10.6. The van der Waals surface area contributed by atoms with Gasteiger partial charge in [0.2, 0.25) is 0 Å². The molecular weight excluding hydrogens is 598 g/mol. The summed E-state index contributed by atoms with van der Waals surface area (Å²) >= 11 is 0. The number of nitrogens with zero attached hydrogens (tertiary/aromatic N) is 3. The van der Waals surface area contributed by atoms with Gasteiger partial charge in [-0.15, -0.1) is 5.10 Å². The van der Waals surface area contributed by atoms with Crippen LogP contribution in [0, 0.1) is 0 Å². The van der Waals surface area contributed by atoms with Crippen LogP contribution in [0.15, 0.2) is 60.8 Å². The summed E-state index contributed by atoms with van der Waals surface area (Å²) in [4.78, 5) is 26.4. The summed E-state index contributed by atoms with van der Waals surface area (Å²) < 4.78 is 29.9. The van der Waals surface area contributed by atoms with Crippen LogP contribution in [0.4, 0.5) is 0 Å². The van der Waals surface area contributed by atoms with Gasteiger partial charge in [0, 0.05) is 40.9 Å². The smallest absolute Gasteiger partial charge is 0.340 e. The van der Waals surface area contributed by atoms with E-state index in [1.807, 2.05) is 0 Å². The first-order valence-electron chi connectivity index (χ1n) is 14.7. The molecule has 2 aliphatic rings. The maximum Gasteiger partial charge on any atom is 0.340 e. The van der Waals surface area contributed by atoms with Crippen molar-refractivity contribution < 1.29 is 43.5 Å². The van der Waals surface area contributed by atoms with Gasteiger partial charge in [0.25, 0.3) is 5.91 Å². The topological polar surface area (TPSA) is 190 Å². The standard InChI is InChI=1S/C32H33N5O9/c33-7-9-42-11-13-44-14-12-43-10-8-37-19-21(35-36-37)18-34-30(40)20-1-4-25-24(15-20)31(41)46-32(25)26-5-2-22(38)16-28(26)45-29-17-23(39)3-6-27(29)32/h1-6,15-17,19,38-39H,7-14,18,33H2,(H,34,40). The molecule has 5 N–H and O–H groups in total. The van der Waals surface area contributed by atoms with Crippen molar-refractivity contribution in [1.82, 2.24) is 20.3 Å². The number of phenols is 2. The molecular formula is C32H33N5O9. The van der Waals surface area contributed by atoms with E-state index < -0.39 is 17.5 Å². The number of hydrogen-bond acceptors (Lipinski definition) is 12. The molecule has 0 bridgehead atoms. The van der Waals surface area contributed by atoms with Gasteiger partial charge in [-0.05, 0) is 36.4 Å². The van der Waals surface area contributed by atoms with Gasteiger partial charge >= 0.3 is 5.97 Å². The van der Waals surface area contributed by atoms with Gasteiger partial charge in [-0.2, -0.15) is 0 Å². The van der Waals surface area contributed by atoms with Crippen LogP contribution < -0.4 is 15.8 Å². The fourth-order valence-electron chi connectivity index (χ4n) is 5.43. The molecule has 1 aromatic heterocycles. The number of amides is 1. The van der Waals surface area contributed by atoms with Gasteiger partial charge < -0.3 is 44.9 Å². The number of aromatic hydroxyl groups is 2. The number of hydrogen-bond donors (Lipinski definition) is 4. The lowest BCUT2D eigenvalue weighted by atomic mass is 9.77. The fourth-order valence-corrected chi connectivity index (χ4v) is 5.43. The first-order chi connectivity index (χ1) is 22.4. The minimum Gasteiger partial charge on any atom is -0.508 e. The minimum absolute atomic E-state index is 0.0374. The molecule has 3 heterocycles. The molecule has 0 radical (unpaired) electrons. The summed E-state index contributed by atoms with van der Waals surface area (Å²) in [5, 5.41) is 31.2. The molecule has 1 amide bonds. The summed E-state index contributed by atoms with van der Waals surface area (Å²) in [5.41, 5.74) is 6.47. The highest BCUT2D eigenvalue weighted by atomic mass is 16.6. The molecule has 0 aliphatic carbocycles. The summed E-state index contributed by atoms with van der Waals surface area (Å²) in [6.07, 6.45) is 1.72. The number of esters is 1. The SMILES string of the molecule is NCCOCCOCCOCCn1cc(CNC(=O)c2ccc3c(c2)C(=O)OC32c3ccc(O)cc3Oc3cc(O)ccc32)nn1. The second-order valence-corrected chi connectivity index (χ2v) is 10.6. The predicted molar refractivity (Wildman–Crippen MR) is 161 cm³/mol. The van der Waals surface area contributed by atoms with Gasteiger partial charge in [0.05, 0.1) is 64.5 Å². The van der Waals surface area contributed by atoms with Crippen molar-refractivity contribution in [3.63, 3.8) is 0 Å². The van der Waals surface area contributed by atoms with E-state index in [2.05, 4.69) is 15.6 Å². The monoisotopic (exact) mass is 631 g/mol. The third-order valence-corrected chi connectivity index (χ3v) is 7.52. The van der Waals surface area contributed by atoms with E-state index in [4.69, 9.17) is 29.4 Å². The van der Waals surface area contributed by atoms with Crippen molar-refractivity contribution in [2.24, 2.45) is 5.73 Å². The Kier molecular flexibility index (Phi) is 9.12. The van der Waals surface area contributed by atoms with E-state index in [-0.39, 0.29) is 40.7 Å². The van der Waals surface area contributed by atoms with Gasteiger partial charge in [0.1, 0.15) is 28.7 Å². The Morgan fingerprint density at radius 3 is 2.17 bits per heavy atom. The number of nitrogens with two attached hydrogens (primary N) is 1. The summed E-state index contributed by atoms with van der Waals surface area (Å²) in [7, 11) is 0. The van der Waals surface area contributed by atoms with Crippen LogP contribution in [-0.2, 0) is 37.6 Å². The van der Waals surface area contributed by atoms with Gasteiger partial charge in [-0.3, -0.25) is 4.79 Å². The molecule has 6 rings (SSSR count). The number of nitrogens with one attached hydrogen (secondary N) is 1. The highest BCUT2D eigenvalue weighted by molar-refractivity contribution is 6.01. The fraction of sp³-hybridized carbons (Fsp3) is 0.312. The number of carbonyl (C=O) groups excluding carboxylic acids is 2. The van der Waals surface area contributed by atoms with Crippen molar-refractivity contribution in [2.75, 3.05) is 46.2 Å². The first kappa shape index (κ1) is 31.0. The maximum atomic E-state index is 13.3. The van der Waals surface area contributed by atoms with Gasteiger partial charge in [0.15, 0.2) is 5.60 Å². The molecule has 2 aliphatic heterocycles. The van der Waals surface area contributed by atoms with E-state index in [1.165, 1.54) is 30.3 Å². The van der Waals surface area contributed by atoms with Crippen LogP contribution in [0.25, 0.3) is 0 Å². The molecule has 0 fully saturated rings. The number of aromatic nitrogens is 3. The van der Waals surface area contributed by atoms with Gasteiger partial charge in [-0.1, -0.05) is 11.3 Å². The van der Waals surface area contributed by atoms with E-state index in [1.54, 1.807) is 35.1 Å². The van der Waals surface area contributed by atoms with Crippen molar-refractivity contribution in [3.8, 4) is 23.0 Å². The number of rotatable bonds is 14. The number of carbonyl (C=O) groups is 2. The van der Waals surface area contributed by atoms with Crippen LogP contribution in [0.1, 0.15) is 43.1 Å². The van der Waals surface area contributed by atoms with Crippen LogP contribution in [0.5, 0.6) is 23.0 Å². The maximum absolute atomic E-state index is 13.3. The van der Waals surface area contributed by atoms with Gasteiger partial charge in [-0.25, -0.2) is 9.48 Å². The zero-order valence-corrected chi connectivity index (χ0v) is 24.8. The molecule has 14 nitrogen and oxygen atoms in total. The third-order valence-electron chi connectivity index (χ3n) is 7.52. The first-order valence-corrected chi connectivity index (χ1v) is 14.7. The normalized spacial score (nSPS) is 13.9. The highest BCUT2D eigenvalue weighted by Crippen LogP contribution is 2.57. The van der Waals surface area contributed by atoms with E-state index in [0.717, 1.165) is 0 Å². The average Bonchev–Trinajstić information content (AvgIpc) is 3.62. The number of benzene rings is 3. The lowest BCUT2D eigenvalue weighted by Gasteiger charge is -2.36. The quantitative estimate of drug-likeness (QED) is 0.117. The molecule has 240 valence electrons. The summed E-state index contributed by atoms with van der Waals surface area (Å²) in [5.74, 6) is -0.568. The van der Waals surface area contributed by atoms with Crippen LogP contribution in [-0.4, -0.2) is 83.3 Å². The number of fused-ring (bicyclic) bond motifs is 6. The molecule has 0 atom stereocenters. The molecule has 46 heavy (non-hydrogen) atoms. The highest BCUT2D eigenvalue weighted by Gasteiger charge is 2.53. The van der Waals surface area contributed by atoms with Crippen molar-refractivity contribution in [3.05, 3.63) is 94.3 Å². The van der Waals surface area contributed by atoms with Crippen molar-refractivity contribution >= 4 is 11.9 Å². The lowest BCUT2D eigenvalue weighted by molar-refractivity contribution is 0.0141. The molecule has 4 aromatic rings. The van der Waals surface area contributed by atoms with Crippen LogP contribution in [0.3, 0.4) is 0 Å². The van der Waals surface area contributed by atoms with Crippen molar-refractivity contribution in [1.29, 1.82) is 0 Å². The van der Waals surface area contributed by atoms with Crippen molar-refractivity contribution in [2.45, 2.75) is 18.7 Å². The molecule has 1 spiro atoms. The average molecular weight is 632 g/mol. The Morgan fingerprint density at radius 1 is 0.870 bits per heavy atom. The lowest BCUT2D eigenvalue weighted by Crippen LogP contribution is -2.33. The predicted octanol–water partition coefficient (Wildman–Crippen LogP) is 2.20. The summed E-state index contributed by atoms with van der Waals surface area (Å²) in [6.45, 7) is 3.87. The Hall–Kier alpha value is -5.02. The Morgan fingerprint density at radius 2 is 1.50 bits per heavy atom. The van der Waals surface area contributed by atoms with Crippen LogP contribution in [0.2, 0.25) is 0 Å². The van der Waals surface area contributed by atoms with E-state index in [9.17, 15) is 19.8 Å².